The molecule has 0 radical (unpaired) electrons. The molecule has 12 amide bonds. The van der Waals surface area contributed by atoms with Crippen LogP contribution in [0.3, 0.4) is 0 Å². The summed E-state index contributed by atoms with van der Waals surface area (Å²) < 4.78 is 31.7. The fraction of sp³-hybridized carbons (Fsp3) is 0.539. The van der Waals surface area contributed by atoms with Crippen molar-refractivity contribution in [3.8, 4) is 5.75 Å². The number of alkyl halides is 3. The molecule has 42 heteroatoms. The molecule has 29 N–H and O–H groups in total. The zero-order chi connectivity index (χ0) is 89.1. The third-order valence-electron chi connectivity index (χ3n) is 17.7. The summed E-state index contributed by atoms with van der Waals surface area (Å²) >= 11 is 0. The minimum absolute atomic E-state index is 0.0000250. The van der Waals surface area contributed by atoms with Gasteiger partial charge in [0.05, 0.1) is 31.3 Å². The molecule has 3 aromatic carbocycles. The van der Waals surface area contributed by atoms with Gasteiger partial charge in [0.25, 0.3) is 0 Å². The normalized spacial score (nSPS) is 14.2. The van der Waals surface area contributed by atoms with E-state index in [0.717, 1.165) is 6.92 Å². The smallest absolute Gasteiger partial charge is 0.490 e. The van der Waals surface area contributed by atoms with Crippen molar-refractivity contribution in [2.24, 2.45) is 73.8 Å². The number of ketones is 1. The van der Waals surface area contributed by atoms with Crippen LogP contribution >= 0.6 is 0 Å². The highest BCUT2D eigenvalue weighted by atomic mass is 19.4. The van der Waals surface area contributed by atoms with E-state index in [2.05, 4.69) is 68.5 Å². The summed E-state index contributed by atoms with van der Waals surface area (Å²) in [5.74, 6) is -20.2. The molecule has 118 heavy (non-hydrogen) atoms. The number of nitrogens with one attached hydrogen (secondary N) is 11. The molecule has 0 saturated carbocycles. The maximum Gasteiger partial charge on any atom is 0.490 e. The van der Waals surface area contributed by atoms with Crippen molar-refractivity contribution in [3.05, 3.63) is 102 Å². The lowest BCUT2D eigenvalue weighted by molar-refractivity contribution is -0.192. The minimum Gasteiger partial charge on any atom is -0.508 e. The van der Waals surface area contributed by atoms with Gasteiger partial charge < -0.3 is 119 Å². The quantitative estimate of drug-likeness (QED) is 0.0113. The monoisotopic (exact) mass is 1670 g/mol. The SMILES string of the molecule is CC(C)C[C@H](NC(=O)[C@H](Cc1ccccc1)NC(=O)CNC(=O)CNC(=O)[C@@H](N)Cc1ccc(O)cc1)C(=O)N[C@@H](CCCN=C(N)N)C(=O)N[C@@H](CCCN=C(N)N)C(=O)N[C@@H](CCC(N)=O)C(=O)N[C@@H](Cc1ccccc1)C(=O)N[C@@H](CCCCN)C(=O)N[C@H](C(=O)N[C@H](C(=O)[C@H](C(=O)O)[C@@H](C)O)C(C)C)C(C)C.O=C(O)C(F)(F)F. The van der Waals surface area contributed by atoms with E-state index in [1.54, 1.807) is 114 Å². The lowest BCUT2D eigenvalue weighted by Gasteiger charge is -2.30. The van der Waals surface area contributed by atoms with Crippen LogP contribution in [0.1, 0.15) is 129 Å². The Labute approximate surface area is 680 Å². The summed E-state index contributed by atoms with van der Waals surface area (Å²) in [6, 6.07) is 8.39. The average Bonchev–Trinajstić information content (AvgIpc) is 0.837. The van der Waals surface area contributed by atoms with Gasteiger partial charge in [-0.1, -0.05) is 114 Å². The van der Waals surface area contributed by atoms with Crippen molar-refractivity contribution < 1.29 is 106 Å². The molecule has 0 aromatic heterocycles. The number of hydrogen-bond acceptors (Lipinski definition) is 21. The Kier molecular flexibility index (Phi) is 45.4. The van der Waals surface area contributed by atoms with Gasteiger partial charge in [0.2, 0.25) is 70.9 Å². The second-order valence-corrected chi connectivity index (χ2v) is 28.9. The number of aliphatic carboxylic acids is 2. The number of unbranched alkanes of at least 4 members (excludes halogenated alkanes) is 1. The van der Waals surface area contributed by atoms with E-state index in [1.807, 2.05) is 0 Å². The first-order chi connectivity index (χ1) is 55.3. The Morgan fingerprint density at radius 2 is 0.822 bits per heavy atom. The van der Waals surface area contributed by atoms with Crippen LogP contribution in [0.15, 0.2) is 94.9 Å². The molecule has 0 aliphatic carbocycles. The Hall–Kier alpha value is -12.1. The van der Waals surface area contributed by atoms with Crippen LogP contribution in [0.4, 0.5) is 13.2 Å². The number of benzene rings is 3. The standard InChI is InChI=1S/C74H114N20O17.C2HF3O2/c1-40(2)34-53(91-69(107)54(36-44-18-10-8-11-19-44)86-58(99)39-84-57(98)38-85-63(101)48(76)35-46-25-27-47(96)28-26-46)68(106)89-51(24-17-33-83-74(80)81)64(102)87-50(23-16-32-82-73(78)79)65(103)90-52(29-30-56(77)97)66(104)92-55(37-45-20-12-9-13-21-45)70(108)88-49(22-14-15-31-75)67(105)94-61(42(5)6)71(109)93-60(41(3)4)62(100)59(43(7)95)72(110)111;3-2(4,5)1(6)7/h8-13,18-21,25-28,40-43,48-55,59-61,95-96H,14-17,22-24,29-39,75-76H2,1-7H3,(H2,77,97)(H,84,98)(H,85,101)(H,86,99)(H,87,102)(H,88,108)(H,89,106)(H,90,103)(H,91,107)(H,92,104)(H,93,109)(H,94,105)(H,110,111)(H4,78,79,82)(H4,80,81,83);(H,6,7)/t43-,48+,49+,50+,51+,52+,53+,54+,55+,59-,60+,61+;/m1./s1. The summed E-state index contributed by atoms with van der Waals surface area (Å²) in [6.45, 7) is 9.72. The number of phenols is 1. The molecule has 0 spiro atoms. The first-order valence-electron chi connectivity index (χ1n) is 38.1. The highest BCUT2D eigenvalue weighted by Crippen LogP contribution is 2.19. The molecule has 39 nitrogen and oxygen atoms in total. The van der Waals surface area contributed by atoms with Gasteiger partial charge in [-0.3, -0.25) is 77.1 Å². The predicted octanol–water partition coefficient (Wildman–Crippen LogP) is -3.51. The molecular formula is C76H115F3N20O19. The van der Waals surface area contributed by atoms with Gasteiger partial charge in [-0.2, -0.15) is 13.2 Å². The van der Waals surface area contributed by atoms with E-state index < -0.39 is 205 Å². The Morgan fingerprint density at radius 1 is 0.441 bits per heavy atom. The number of carbonyl (C=O) groups is 15. The molecule has 0 saturated heterocycles. The number of carboxylic acid groups (broad SMARTS) is 2. The third kappa shape index (κ3) is 40.0. The molecule has 0 fully saturated rings. The second-order valence-electron chi connectivity index (χ2n) is 28.9. The Morgan fingerprint density at radius 3 is 1.23 bits per heavy atom. The highest BCUT2D eigenvalue weighted by molar-refractivity contribution is 6.04. The first kappa shape index (κ1) is 102. The summed E-state index contributed by atoms with van der Waals surface area (Å²) in [7, 11) is 0. The number of Topliss-reactive ketones (excluding diaryl/α,β-unsaturated/α-hetero) is 1. The number of aliphatic hydroxyl groups is 1. The van der Waals surface area contributed by atoms with E-state index in [0.29, 0.717) is 23.1 Å². The van der Waals surface area contributed by atoms with E-state index in [-0.39, 0.29) is 107 Å². The van der Waals surface area contributed by atoms with E-state index in [4.69, 9.17) is 50.0 Å². The number of nitrogens with two attached hydrogens (primary N) is 7. The molecule has 3 rings (SSSR count). The number of hydrogen-bond donors (Lipinski definition) is 22. The van der Waals surface area contributed by atoms with Crippen LogP contribution in [0.5, 0.6) is 5.75 Å². The molecular weight excluding hydrogens is 1550 g/mol. The number of primary amides is 1. The Bertz CT molecular complexity index is 3870. The third-order valence-corrected chi connectivity index (χ3v) is 17.7. The number of amides is 12. The van der Waals surface area contributed by atoms with Gasteiger partial charge in [-0.05, 0) is 124 Å². The lowest BCUT2D eigenvalue weighted by Crippen LogP contribution is -2.61. The number of aromatic hydroxyl groups is 1. The van der Waals surface area contributed by atoms with Crippen LogP contribution in [0.2, 0.25) is 0 Å². The van der Waals surface area contributed by atoms with E-state index >= 15 is 0 Å². The largest absolute Gasteiger partial charge is 0.508 e. The van der Waals surface area contributed by atoms with Crippen molar-refractivity contribution in [1.82, 2.24) is 58.5 Å². The zero-order valence-corrected chi connectivity index (χ0v) is 67.0. The number of carboxylic acids is 2. The first-order valence-corrected chi connectivity index (χ1v) is 38.1. The lowest BCUT2D eigenvalue weighted by atomic mass is 9.87. The van der Waals surface area contributed by atoms with Gasteiger partial charge in [0.1, 0.15) is 60.0 Å². The van der Waals surface area contributed by atoms with Gasteiger partial charge >= 0.3 is 18.1 Å². The van der Waals surface area contributed by atoms with Crippen molar-refractivity contribution in [1.29, 1.82) is 0 Å². The maximum absolute atomic E-state index is 14.9. The van der Waals surface area contributed by atoms with Crippen molar-refractivity contribution in [3.63, 3.8) is 0 Å². The molecule has 0 heterocycles. The van der Waals surface area contributed by atoms with Crippen LogP contribution < -0.4 is 98.6 Å². The van der Waals surface area contributed by atoms with Gasteiger partial charge in [0, 0.05) is 32.4 Å². The van der Waals surface area contributed by atoms with Gasteiger partial charge in [-0.25, -0.2) is 4.79 Å². The second kappa shape index (κ2) is 52.5. The fourth-order valence-electron chi connectivity index (χ4n) is 11.4. The summed E-state index contributed by atoms with van der Waals surface area (Å²) in [5, 5.41) is 65.2. The number of halogens is 3. The number of aliphatic imine (C=N–C) groups is 2. The molecule has 0 bridgehead atoms. The number of phenolic OH excluding ortho intramolecular Hbond substituents is 1. The predicted molar refractivity (Wildman–Crippen MR) is 425 cm³/mol. The van der Waals surface area contributed by atoms with E-state index in [1.165, 1.54) is 12.1 Å². The number of guanidine groups is 2. The van der Waals surface area contributed by atoms with Crippen LogP contribution in [0, 0.1) is 23.7 Å². The maximum atomic E-state index is 14.9. The van der Waals surface area contributed by atoms with Gasteiger partial charge in [-0.15, -0.1) is 0 Å². The topological polar surface area (TPSA) is 676 Å². The zero-order valence-electron chi connectivity index (χ0n) is 67.0. The van der Waals surface area contributed by atoms with Gasteiger partial charge in [0.15, 0.2) is 17.7 Å². The molecule has 654 valence electrons. The molecule has 12 atom stereocenters. The minimum atomic E-state index is -5.08. The number of rotatable bonds is 51. The summed E-state index contributed by atoms with van der Waals surface area (Å²) in [4.78, 5) is 211. The number of nitrogens with zero attached hydrogens (tertiary/aromatic N) is 2. The number of carbonyl (C=O) groups excluding carboxylic acids is 13. The molecule has 0 aliphatic heterocycles. The van der Waals surface area contributed by atoms with E-state index in [9.17, 15) is 95.6 Å². The average molecular weight is 1670 g/mol. The number of aliphatic hydroxyl groups excluding tert-OH is 1. The molecule has 3 aromatic rings. The van der Waals surface area contributed by atoms with Crippen molar-refractivity contribution in [2.75, 3.05) is 32.7 Å². The molecule has 0 aliphatic rings. The molecule has 0 unspecified atom stereocenters. The van der Waals surface area contributed by atoms with Crippen molar-refractivity contribution in [2.45, 2.75) is 205 Å². The van der Waals surface area contributed by atoms with Crippen LogP contribution in [0.25, 0.3) is 0 Å². The van der Waals surface area contributed by atoms with Crippen LogP contribution in [-0.4, -0.2) is 226 Å². The fourth-order valence-corrected chi connectivity index (χ4v) is 11.4. The Balaban J connectivity index is 0.00000642. The summed E-state index contributed by atoms with van der Waals surface area (Å²) in [6.07, 6.45) is -7.84. The highest BCUT2D eigenvalue weighted by Gasteiger charge is 2.42. The van der Waals surface area contributed by atoms with Crippen molar-refractivity contribution >= 4 is 101 Å². The summed E-state index contributed by atoms with van der Waals surface area (Å²) in [5.41, 5.74) is 41.7. The van der Waals surface area contributed by atoms with Crippen LogP contribution in [-0.2, 0) is 91.2 Å².